The van der Waals surface area contributed by atoms with Gasteiger partial charge in [0.25, 0.3) is 0 Å². The van der Waals surface area contributed by atoms with Crippen molar-refractivity contribution in [1.29, 1.82) is 0 Å². The lowest BCUT2D eigenvalue weighted by Crippen LogP contribution is -2.33. The molecule has 0 saturated carbocycles. The van der Waals surface area contributed by atoms with E-state index in [0.29, 0.717) is 11.8 Å². The molecule has 1 aromatic heterocycles. The molecule has 19 heavy (non-hydrogen) atoms. The van der Waals surface area contributed by atoms with Crippen molar-refractivity contribution in [3.8, 4) is 0 Å². The minimum Gasteiger partial charge on any atom is -0.311 e. The summed E-state index contributed by atoms with van der Waals surface area (Å²) in [4.78, 5) is 0.893. The van der Waals surface area contributed by atoms with Crippen molar-refractivity contribution in [2.24, 2.45) is 0 Å². The summed E-state index contributed by atoms with van der Waals surface area (Å²) in [6, 6.07) is 11.8. The minimum atomic E-state index is -0.923. The van der Waals surface area contributed by atoms with Gasteiger partial charge in [-0.3, -0.25) is 8.89 Å². The molecule has 0 aliphatic rings. The summed E-state index contributed by atoms with van der Waals surface area (Å²) in [6.07, 6.45) is 3.72. The molecule has 1 heterocycles. The van der Waals surface area contributed by atoms with Gasteiger partial charge in [-0.25, -0.2) is 0 Å². The fourth-order valence-corrected chi connectivity index (χ4v) is 2.84. The Morgan fingerprint density at radius 3 is 2.79 bits per heavy atom. The van der Waals surface area contributed by atoms with Crippen molar-refractivity contribution >= 4 is 10.8 Å². The lowest BCUT2D eigenvalue weighted by Gasteiger charge is -2.13. The molecule has 0 aliphatic carbocycles. The molecule has 0 radical (unpaired) electrons. The average molecular weight is 277 g/mol. The zero-order chi connectivity index (χ0) is 13.5. The van der Waals surface area contributed by atoms with Gasteiger partial charge in [0.2, 0.25) is 0 Å². The molecular weight excluding hydrogens is 258 g/mol. The Labute approximate surface area is 116 Å². The van der Waals surface area contributed by atoms with E-state index >= 15 is 0 Å². The van der Waals surface area contributed by atoms with Crippen molar-refractivity contribution in [2.75, 3.05) is 12.3 Å². The van der Waals surface area contributed by atoms with Gasteiger partial charge in [0.15, 0.2) is 0 Å². The molecule has 0 spiro atoms. The predicted molar refractivity (Wildman–Crippen MR) is 77.4 cm³/mol. The van der Waals surface area contributed by atoms with Crippen LogP contribution in [0.4, 0.5) is 0 Å². The lowest BCUT2D eigenvalue weighted by molar-refractivity contribution is 0.462. The highest BCUT2D eigenvalue weighted by Crippen LogP contribution is 2.04. The third-order valence-electron chi connectivity index (χ3n) is 2.81. The van der Waals surface area contributed by atoms with Crippen molar-refractivity contribution in [3.63, 3.8) is 0 Å². The highest BCUT2D eigenvalue weighted by molar-refractivity contribution is 7.85. The molecule has 2 rings (SSSR count). The van der Waals surface area contributed by atoms with E-state index in [0.717, 1.165) is 18.0 Å². The minimum absolute atomic E-state index is 0.313. The van der Waals surface area contributed by atoms with Gasteiger partial charge < -0.3 is 5.32 Å². The molecule has 0 saturated heterocycles. The van der Waals surface area contributed by atoms with E-state index in [4.69, 9.17) is 0 Å². The van der Waals surface area contributed by atoms with Crippen LogP contribution in [0.3, 0.4) is 0 Å². The number of benzene rings is 1. The second kappa shape index (κ2) is 7.21. The molecule has 0 bridgehead atoms. The van der Waals surface area contributed by atoms with Crippen LogP contribution in [0.5, 0.6) is 0 Å². The van der Waals surface area contributed by atoms with Crippen molar-refractivity contribution in [2.45, 2.75) is 24.4 Å². The van der Waals surface area contributed by atoms with E-state index in [9.17, 15) is 4.21 Å². The normalized spacial score (nSPS) is 14.2. The van der Waals surface area contributed by atoms with Crippen LogP contribution in [0.15, 0.2) is 53.7 Å². The van der Waals surface area contributed by atoms with E-state index in [1.54, 1.807) is 6.20 Å². The maximum Gasteiger partial charge on any atom is 0.0559 e. The zero-order valence-electron chi connectivity index (χ0n) is 11.0. The molecule has 1 aromatic carbocycles. The highest BCUT2D eigenvalue weighted by atomic mass is 32.2. The summed E-state index contributed by atoms with van der Waals surface area (Å²) in [7, 11) is -0.923. The fraction of sp³-hybridized carbons (Fsp3) is 0.357. The first-order chi connectivity index (χ1) is 9.25. The van der Waals surface area contributed by atoms with Crippen molar-refractivity contribution in [1.82, 2.24) is 15.1 Å². The van der Waals surface area contributed by atoms with Gasteiger partial charge in [-0.1, -0.05) is 18.2 Å². The molecule has 0 aliphatic heterocycles. The van der Waals surface area contributed by atoms with E-state index in [1.807, 2.05) is 47.3 Å². The van der Waals surface area contributed by atoms with Crippen LogP contribution in [-0.2, 0) is 17.3 Å². The van der Waals surface area contributed by atoms with Crippen LogP contribution in [0.25, 0.3) is 0 Å². The van der Waals surface area contributed by atoms with Gasteiger partial charge in [0.1, 0.15) is 0 Å². The quantitative estimate of drug-likeness (QED) is 0.837. The molecule has 2 atom stereocenters. The largest absolute Gasteiger partial charge is 0.311 e. The van der Waals surface area contributed by atoms with Gasteiger partial charge in [-0.2, -0.15) is 5.10 Å². The van der Waals surface area contributed by atoms with Crippen LogP contribution in [-0.4, -0.2) is 32.3 Å². The third kappa shape index (κ3) is 4.61. The first-order valence-corrected chi connectivity index (χ1v) is 7.72. The molecule has 0 amide bonds. The Bertz CT molecular complexity index is 499. The van der Waals surface area contributed by atoms with Crippen molar-refractivity contribution in [3.05, 3.63) is 48.8 Å². The first kappa shape index (κ1) is 14.0. The summed E-state index contributed by atoms with van der Waals surface area (Å²) < 4.78 is 13.9. The van der Waals surface area contributed by atoms with E-state index in [2.05, 4.69) is 17.3 Å². The first-order valence-electron chi connectivity index (χ1n) is 6.40. The van der Waals surface area contributed by atoms with Crippen LogP contribution < -0.4 is 5.32 Å². The Morgan fingerprint density at radius 1 is 1.32 bits per heavy atom. The number of hydrogen-bond acceptors (Lipinski definition) is 3. The van der Waals surface area contributed by atoms with Gasteiger partial charge in [-0.15, -0.1) is 0 Å². The Balaban J connectivity index is 1.70. The van der Waals surface area contributed by atoms with Gasteiger partial charge >= 0.3 is 0 Å². The predicted octanol–water partition coefficient (Wildman–Crippen LogP) is 1.67. The maximum atomic E-state index is 12.0. The van der Waals surface area contributed by atoms with E-state index in [1.165, 1.54) is 0 Å². The summed E-state index contributed by atoms with van der Waals surface area (Å²) in [5, 5.41) is 7.53. The van der Waals surface area contributed by atoms with Gasteiger partial charge in [0, 0.05) is 35.6 Å². The van der Waals surface area contributed by atoms with Crippen LogP contribution in [0, 0.1) is 0 Å². The highest BCUT2D eigenvalue weighted by Gasteiger charge is 2.05. The van der Waals surface area contributed by atoms with E-state index < -0.39 is 10.8 Å². The molecule has 2 aromatic rings. The van der Waals surface area contributed by atoms with E-state index in [-0.39, 0.29) is 0 Å². The molecular formula is C14H19N3OS. The lowest BCUT2D eigenvalue weighted by atomic mass is 10.3. The number of nitrogens with one attached hydrogen (secondary N) is 1. The Hall–Kier alpha value is -1.46. The topological polar surface area (TPSA) is 46.9 Å². The second-order valence-corrected chi connectivity index (χ2v) is 6.02. The summed E-state index contributed by atoms with van der Waals surface area (Å²) in [6.45, 7) is 3.67. The maximum absolute atomic E-state index is 12.0. The molecule has 0 fully saturated rings. The fourth-order valence-electron chi connectivity index (χ4n) is 1.84. The smallest absolute Gasteiger partial charge is 0.0559 e. The van der Waals surface area contributed by atoms with Crippen LogP contribution in [0.1, 0.15) is 6.92 Å². The number of nitrogens with zero attached hydrogens (tertiary/aromatic N) is 2. The summed E-state index contributed by atoms with van der Waals surface area (Å²) >= 11 is 0. The van der Waals surface area contributed by atoms with Gasteiger partial charge in [-0.05, 0) is 25.1 Å². The SMILES string of the molecule is C[C@@H](Cn1cccn1)NCC[S@@](=O)c1ccccc1. The Morgan fingerprint density at radius 2 is 2.11 bits per heavy atom. The second-order valence-electron chi connectivity index (χ2n) is 4.45. The number of aromatic nitrogens is 2. The number of rotatable bonds is 7. The molecule has 1 N–H and O–H groups in total. The summed E-state index contributed by atoms with van der Waals surface area (Å²) in [5.74, 6) is 0.632. The average Bonchev–Trinajstić information content (AvgIpc) is 2.92. The third-order valence-corrected chi connectivity index (χ3v) is 4.18. The molecule has 5 heteroatoms. The Kier molecular flexibility index (Phi) is 5.30. The number of hydrogen-bond donors (Lipinski definition) is 1. The van der Waals surface area contributed by atoms with Gasteiger partial charge in [0.05, 0.1) is 17.3 Å². The van der Waals surface area contributed by atoms with Crippen molar-refractivity contribution < 1.29 is 4.21 Å². The standard InChI is InChI=1S/C14H19N3OS/c1-13(12-17-10-5-8-16-17)15-9-11-19(18)14-6-3-2-4-7-14/h2-8,10,13,15H,9,11-12H2,1H3/t13-,19+/m0/s1. The molecule has 0 unspecified atom stereocenters. The monoisotopic (exact) mass is 277 g/mol. The molecule has 4 nitrogen and oxygen atoms in total. The van der Waals surface area contributed by atoms with Crippen LogP contribution >= 0.6 is 0 Å². The van der Waals surface area contributed by atoms with Crippen LogP contribution in [0.2, 0.25) is 0 Å². The summed E-state index contributed by atoms with van der Waals surface area (Å²) in [5.41, 5.74) is 0. The zero-order valence-corrected chi connectivity index (χ0v) is 11.8. The molecule has 102 valence electrons.